The lowest BCUT2D eigenvalue weighted by Gasteiger charge is -2.29. The highest BCUT2D eigenvalue weighted by Crippen LogP contribution is 2.37. The van der Waals surface area contributed by atoms with E-state index < -0.39 is 44.3 Å². The summed E-state index contributed by atoms with van der Waals surface area (Å²) in [6, 6.07) is -0.195. The van der Waals surface area contributed by atoms with Crippen molar-refractivity contribution >= 4 is 19.1 Å². The minimum Gasteiger partial charge on any atom is -0.387 e. The molecular formula is C17H24F2N5O7P. The van der Waals surface area contributed by atoms with E-state index in [2.05, 4.69) is 20.4 Å². The molecule has 1 aliphatic heterocycles. The Kier molecular flexibility index (Phi) is 6.47. The van der Waals surface area contributed by atoms with Crippen LogP contribution >= 0.6 is 7.60 Å². The summed E-state index contributed by atoms with van der Waals surface area (Å²) in [5, 5.41) is 27.9. The molecule has 4 rings (SSSR count). The van der Waals surface area contributed by atoms with Gasteiger partial charge in [-0.3, -0.25) is 4.57 Å². The number of aliphatic hydroxyl groups excluding tert-OH is 2. The molecule has 178 valence electrons. The molecule has 3 heterocycles. The van der Waals surface area contributed by atoms with E-state index >= 15 is 0 Å². The van der Waals surface area contributed by atoms with Gasteiger partial charge in [-0.05, 0) is 12.8 Å². The van der Waals surface area contributed by atoms with Crippen molar-refractivity contribution in [1.82, 2.24) is 19.6 Å². The van der Waals surface area contributed by atoms with E-state index in [4.69, 9.17) is 19.3 Å². The Hall–Kier alpha value is -1.80. The first kappa shape index (κ1) is 23.4. The quantitative estimate of drug-likeness (QED) is 0.349. The molecule has 15 heteroatoms. The van der Waals surface area contributed by atoms with E-state index in [1.165, 1.54) is 17.0 Å². The van der Waals surface area contributed by atoms with Gasteiger partial charge in [0.1, 0.15) is 37.1 Å². The van der Waals surface area contributed by atoms with Gasteiger partial charge in [-0.1, -0.05) is 0 Å². The summed E-state index contributed by atoms with van der Waals surface area (Å²) in [4.78, 5) is 26.1. The number of alkyl halides is 2. The van der Waals surface area contributed by atoms with Gasteiger partial charge < -0.3 is 34.8 Å². The van der Waals surface area contributed by atoms with Gasteiger partial charge in [0.25, 0.3) is 0 Å². The van der Waals surface area contributed by atoms with E-state index in [1.807, 2.05) is 0 Å². The Labute approximate surface area is 180 Å². The van der Waals surface area contributed by atoms with Gasteiger partial charge in [0.15, 0.2) is 11.5 Å². The zero-order chi connectivity index (χ0) is 23.1. The molecule has 0 bridgehead atoms. The molecule has 5 N–H and O–H groups in total. The number of ether oxygens (including phenoxy) is 2. The molecule has 1 saturated carbocycles. The second-order valence-electron chi connectivity index (χ2n) is 8.04. The Bertz CT molecular complexity index is 995. The monoisotopic (exact) mass is 479 g/mol. The summed E-state index contributed by atoms with van der Waals surface area (Å²) in [5.41, 5.74) is 0.607. The summed E-state index contributed by atoms with van der Waals surface area (Å²) in [5.74, 6) is -2.31. The van der Waals surface area contributed by atoms with Gasteiger partial charge in [-0.15, -0.1) is 0 Å². The van der Waals surface area contributed by atoms with E-state index in [9.17, 15) is 23.6 Å². The molecule has 2 fully saturated rings. The topological polar surface area (TPSA) is 172 Å². The molecule has 1 aliphatic carbocycles. The number of halogens is 2. The number of hydrogen-bond donors (Lipinski definition) is 5. The molecule has 1 saturated heterocycles. The normalized spacial score (nSPS) is 28.9. The molecule has 32 heavy (non-hydrogen) atoms. The van der Waals surface area contributed by atoms with Crippen molar-refractivity contribution in [2.45, 2.75) is 62.1 Å². The molecule has 1 unspecified atom stereocenters. The van der Waals surface area contributed by atoms with Crippen LogP contribution in [0.4, 0.5) is 14.6 Å². The van der Waals surface area contributed by atoms with Crippen LogP contribution in [-0.2, 0) is 14.0 Å². The Morgan fingerprint density at radius 2 is 1.97 bits per heavy atom. The fourth-order valence-electron chi connectivity index (χ4n) is 3.93. The number of imidazole rings is 1. The van der Waals surface area contributed by atoms with Gasteiger partial charge in [0, 0.05) is 18.9 Å². The maximum Gasteiger partial charge on any atom is 0.350 e. The minimum atomic E-state index is -4.38. The van der Waals surface area contributed by atoms with E-state index in [1.54, 1.807) is 0 Å². The maximum atomic E-state index is 13.4. The average molecular weight is 479 g/mol. The molecule has 2 aromatic heterocycles. The number of anilines is 1. The van der Waals surface area contributed by atoms with Gasteiger partial charge in [-0.2, -0.15) is 5.10 Å². The smallest absolute Gasteiger partial charge is 0.350 e. The van der Waals surface area contributed by atoms with Crippen molar-refractivity contribution in [3.63, 3.8) is 0 Å². The summed E-state index contributed by atoms with van der Waals surface area (Å²) >= 11 is 0. The minimum absolute atomic E-state index is 0.195. The number of aliphatic hydroxyl groups is 2. The summed E-state index contributed by atoms with van der Waals surface area (Å²) < 4.78 is 49.6. The summed E-state index contributed by atoms with van der Waals surface area (Å²) in [6.07, 6.45) is -2.88. The van der Waals surface area contributed by atoms with Crippen LogP contribution in [0.2, 0.25) is 0 Å². The first-order valence-electron chi connectivity index (χ1n) is 10.0. The second-order valence-corrected chi connectivity index (χ2v) is 9.63. The highest BCUT2D eigenvalue weighted by Gasteiger charge is 2.45. The number of rotatable bonds is 7. The fraction of sp³-hybridized carbons (Fsp3) is 0.706. The van der Waals surface area contributed by atoms with Crippen LogP contribution in [0.25, 0.3) is 5.65 Å². The molecule has 0 aromatic carbocycles. The number of fused-ring (bicyclic) bond motifs is 1. The summed E-state index contributed by atoms with van der Waals surface area (Å²) in [7, 11) is -4.38. The number of nitrogens with one attached hydrogen (secondary N) is 1. The van der Waals surface area contributed by atoms with Crippen molar-refractivity contribution in [2.75, 3.05) is 18.3 Å². The Morgan fingerprint density at radius 3 is 2.66 bits per heavy atom. The van der Waals surface area contributed by atoms with Crippen molar-refractivity contribution in [2.24, 2.45) is 0 Å². The molecule has 2 aliphatic rings. The van der Waals surface area contributed by atoms with Gasteiger partial charge in [0.2, 0.25) is 5.92 Å². The average Bonchev–Trinajstić information content (AvgIpc) is 3.26. The molecule has 0 amide bonds. The predicted octanol–water partition coefficient (Wildman–Crippen LogP) is 0.428. The van der Waals surface area contributed by atoms with Crippen molar-refractivity contribution in [1.29, 1.82) is 0 Å². The third kappa shape index (κ3) is 5.06. The van der Waals surface area contributed by atoms with Crippen LogP contribution in [0.1, 0.15) is 37.5 Å². The Morgan fingerprint density at radius 1 is 1.25 bits per heavy atom. The first-order valence-corrected chi connectivity index (χ1v) is 11.8. The molecule has 4 atom stereocenters. The van der Waals surface area contributed by atoms with Gasteiger partial charge in [-0.25, -0.2) is 23.3 Å². The van der Waals surface area contributed by atoms with Crippen molar-refractivity contribution in [3.05, 3.63) is 18.2 Å². The van der Waals surface area contributed by atoms with Crippen LogP contribution in [0.5, 0.6) is 0 Å². The van der Waals surface area contributed by atoms with Crippen molar-refractivity contribution in [3.8, 4) is 0 Å². The van der Waals surface area contributed by atoms with Crippen LogP contribution in [0, 0.1) is 0 Å². The van der Waals surface area contributed by atoms with Crippen molar-refractivity contribution < 1.29 is 42.8 Å². The van der Waals surface area contributed by atoms with E-state index in [0.29, 0.717) is 17.2 Å². The van der Waals surface area contributed by atoms with Crippen LogP contribution in [-0.4, -0.2) is 82.8 Å². The third-order valence-electron chi connectivity index (χ3n) is 5.58. The largest absolute Gasteiger partial charge is 0.387 e. The molecule has 2 aromatic rings. The zero-order valence-electron chi connectivity index (χ0n) is 16.8. The fourth-order valence-corrected chi connectivity index (χ4v) is 4.27. The SMILES string of the molecule is O=P(O)(O)COC[C@H]1OC(c2cnc3c(NC4CCC(F)(F)CC4)ncnn23)[C@H](O)[C@@H]1O. The standard InChI is InChI=1S/C17H24F2N5O7P/c18-17(19)3-1-9(2-4-17)23-15-16-20-5-10(24(16)22-7-21-15)14-13(26)12(25)11(31-14)6-30-8-32(27,28)29/h5,7,9,11-14,25-26H,1-4,6,8H2,(H,21,22,23)(H2,27,28,29)/t11-,12-,13-,14?/m1/s1. The van der Waals surface area contributed by atoms with E-state index in [0.717, 1.165) is 0 Å². The van der Waals surface area contributed by atoms with Crippen LogP contribution in [0.15, 0.2) is 12.5 Å². The lowest BCUT2D eigenvalue weighted by Crippen LogP contribution is -2.33. The molecular weight excluding hydrogens is 455 g/mol. The Balaban J connectivity index is 1.48. The number of aromatic nitrogens is 4. The first-order chi connectivity index (χ1) is 15.0. The lowest BCUT2D eigenvalue weighted by atomic mass is 9.92. The van der Waals surface area contributed by atoms with Crippen LogP contribution < -0.4 is 5.32 Å². The highest BCUT2D eigenvalue weighted by atomic mass is 31.2. The van der Waals surface area contributed by atoms with Crippen LogP contribution in [0.3, 0.4) is 0 Å². The highest BCUT2D eigenvalue weighted by molar-refractivity contribution is 7.51. The summed E-state index contributed by atoms with van der Waals surface area (Å²) in [6.45, 7) is -0.343. The number of hydrogen-bond acceptors (Lipinski definition) is 9. The third-order valence-corrected chi connectivity index (χ3v) is 6.10. The van der Waals surface area contributed by atoms with E-state index in [-0.39, 0.29) is 38.3 Å². The number of nitrogens with zero attached hydrogens (tertiary/aromatic N) is 4. The molecule has 0 radical (unpaired) electrons. The molecule has 12 nitrogen and oxygen atoms in total. The zero-order valence-corrected chi connectivity index (χ0v) is 17.7. The maximum absolute atomic E-state index is 13.4. The lowest BCUT2D eigenvalue weighted by molar-refractivity contribution is -0.0402. The predicted molar refractivity (Wildman–Crippen MR) is 104 cm³/mol. The molecule has 0 spiro atoms. The van der Waals surface area contributed by atoms with Gasteiger partial charge in [0.05, 0.1) is 18.5 Å². The second kappa shape index (κ2) is 8.86. The van der Waals surface area contributed by atoms with Gasteiger partial charge >= 0.3 is 7.60 Å².